The second-order valence-corrected chi connectivity index (χ2v) is 5.64. The molecule has 18 heavy (non-hydrogen) atoms. The van der Waals surface area contributed by atoms with Crippen molar-refractivity contribution in [3.8, 4) is 5.75 Å². The summed E-state index contributed by atoms with van der Waals surface area (Å²) in [4.78, 5) is 2.16. The van der Waals surface area contributed by atoms with E-state index in [0.717, 1.165) is 21.8 Å². The molecule has 3 heteroatoms. The molecule has 0 aliphatic carbocycles. The van der Waals surface area contributed by atoms with E-state index in [9.17, 15) is 5.11 Å². The van der Waals surface area contributed by atoms with Gasteiger partial charge in [-0.25, -0.2) is 0 Å². The van der Waals surface area contributed by atoms with Gasteiger partial charge < -0.3 is 9.84 Å². The lowest BCUT2D eigenvalue weighted by atomic mass is 10.0. The maximum Gasteiger partial charge on any atom is 0.125 e. The minimum atomic E-state index is -0.606. The molecule has 96 valence electrons. The molecule has 0 spiro atoms. The molecular formula is C15H18O2S. The van der Waals surface area contributed by atoms with Gasteiger partial charge in [-0.1, -0.05) is 11.6 Å². The van der Waals surface area contributed by atoms with Crippen LogP contribution < -0.4 is 4.74 Å². The summed E-state index contributed by atoms with van der Waals surface area (Å²) >= 11 is 1.62. The molecule has 0 aliphatic heterocycles. The largest absolute Gasteiger partial charge is 0.493 e. The zero-order chi connectivity index (χ0) is 13.1. The fourth-order valence-corrected chi connectivity index (χ4v) is 2.80. The van der Waals surface area contributed by atoms with Crippen LogP contribution in [0.1, 0.15) is 33.9 Å². The molecule has 0 amide bonds. The molecule has 1 N–H and O–H groups in total. The standard InChI is InChI=1S/C15H18O2S/c1-4-17-13-7-5-10(2)9-12(13)15(16)14-8-6-11(3)18-14/h5-9,15-16H,4H2,1-3H3. The fourth-order valence-electron chi connectivity index (χ4n) is 1.92. The summed E-state index contributed by atoms with van der Waals surface area (Å²) in [5.74, 6) is 0.765. The van der Waals surface area contributed by atoms with E-state index in [1.807, 2.05) is 51.1 Å². The lowest BCUT2D eigenvalue weighted by molar-refractivity contribution is 0.215. The number of benzene rings is 1. The molecule has 0 aliphatic rings. The predicted molar refractivity (Wildman–Crippen MR) is 75.5 cm³/mol. The molecule has 1 heterocycles. The Bertz CT molecular complexity index is 531. The van der Waals surface area contributed by atoms with E-state index in [1.165, 1.54) is 4.88 Å². The zero-order valence-corrected chi connectivity index (χ0v) is 11.8. The highest BCUT2D eigenvalue weighted by Crippen LogP contribution is 2.34. The van der Waals surface area contributed by atoms with Crippen LogP contribution in [-0.2, 0) is 0 Å². The third kappa shape index (κ3) is 2.74. The summed E-state index contributed by atoms with van der Waals surface area (Å²) in [5, 5.41) is 10.5. The highest BCUT2D eigenvalue weighted by molar-refractivity contribution is 7.12. The van der Waals surface area contributed by atoms with Crippen molar-refractivity contribution in [2.45, 2.75) is 26.9 Å². The molecule has 1 atom stereocenters. The molecule has 0 saturated heterocycles. The quantitative estimate of drug-likeness (QED) is 0.907. The monoisotopic (exact) mass is 262 g/mol. The van der Waals surface area contributed by atoms with Gasteiger partial charge in [-0.3, -0.25) is 0 Å². The van der Waals surface area contributed by atoms with E-state index in [1.54, 1.807) is 11.3 Å². The van der Waals surface area contributed by atoms with Gasteiger partial charge in [-0.05, 0) is 45.0 Å². The Kier molecular flexibility index (Phi) is 4.04. The van der Waals surface area contributed by atoms with Crippen molar-refractivity contribution in [3.63, 3.8) is 0 Å². The Morgan fingerprint density at radius 3 is 2.61 bits per heavy atom. The van der Waals surface area contributed by atoms with Crippen LogP contribution in [-0.4, -0.2) is 11.7 Å². The normalized spacial score (nSPS) is 12.4. The highest BCUT2D eigenvalue weighted by atomic mass is 32.1. The van der Waals surface area contributed by atoms with E-state index in [2.05, 4.69) is 0 Å². The molecule has 0 bridgehead atoms. The molecule has 0 radical (unpaired) electrons. The third-order valence-electron chi connectivity index (χ3n) is 2.79. The summed E-state index contributed by atoms with van der Waals surface area (Å²) in [6.07, 6.45) is -0.606. The minimum absolute atomic E-state index is 0.603. The first-order valence-electron chi connectivity index (χ1n) is 6.09. The van der Waals surface area contributed by atoms with Crippen LogP contribution in [0.2, 0.25) is 0 Å². The number of aliphatic hydroxyl groups excluding tert-OH is 1. The highest BCUT2D eigenvalue weighted by Gasteiger charge is 2.17. The van der Waals surface area contributed by atoms with Crippen LogP contribution in [0.25, 0.3) is 0 Å². The van der Waals surface area contributed by atoms with Gasteiger partial charge in [0.05, 0.1) is 6.61 Å². The SMILES string of the molecule is CCOc1ccc(C)cc1C(O)c1ccc(C)s1. The van der Waals surface area contributed by atoms with Crippen LogP contribution >= 0.6 is 11.3 Å². The molecule has 1 aromatic heterocycles. The number of hydrogen-bond acceptors (Lipinski definition) is 3. The second kappa shape index (κ2) is 5.55. The van der Waals surface area contributed by atoms with Crippen molar-refractivity contribution in [2.24, 2.45) is 0 Å². The second-order valence-electron chi connectivity index (χ2n) is 4.33. The van der Waals surface area contributed by atoms with Crippen LogP contribution in [0, 0.1) is 13.8 Å². The lowest BCUT2D eigenvalue weighted by Crippen LogP contribution is -2.03. The van der Waals surface area contributed by atoms with Crippen LogP contribution in [0.4, 0.5) is 0 Å². The maximum atomic E-state index is 10.5. The van der Waals surface area contributed by atoms with E-state index >= 15 is 0 Å². The third-order valence-corrected chi connectivity index (χ3v) is 3.84. The minimum Gasteiger partial charge on any atom is -0.493 e. The number of ether oxygens (including phenoxy) is 1. The lowest BCUT2D eigenvalue weighted by Gasteiger charge is -2.15. The first kappa shape index (κ1) is 13.1. The van der Waals surface area contributed by atoms with Gasteiger partial charge in [0.25, 0.3) is 0 Å². The average molecular weight is 262 g/mol. The van der Waals surface area contributed by atoms with Crippen molar-refractivity contribution < 1.29 is 9.84 Å². The number of thiophene rings is 1. The molecule has 2 rings (SSSR count). The molecule has 1 aromatic carbocycles. The van der Waals surface area contributed by atoms with Gasteiger partial charge in [0.15, 0.2) is 0 Å². The number of hydrogen-bond donors (Lipinski definition) is 1. The Morgan fingerprint density at radius 1 is 1.22 bits per heavy atom. The summed E-state index contributed by atoms with van der Waals surface area (Å²) in [6, 6.07) is 9.92. The zero-order valence-electron chi connectivity index (χ0n) is 10.9. The van der Waals surface area contributed by atoms with Gasteiger partial charge in [-0.15, -0.1) is 11.3 Å². The Labute approximate surface area is 112 Å². The molecule has 0 saturated carbocycles. The summed E-state index contributed by atoms with van der Waals surface area (Å²) in [5.41, 5.74) is 1.97. The van der Waals surface area contributed by atoms with Crippen molar-refractivity contribution in [2.75, 3.05) is 6.61 Å². The van der Waals surface area contributed by atoms with Crippen molar-refractivity contribution in [3.05, 3.63) is 51.2 Å². The number of aryl methyl sites for hydroxylation is 2. The summed E-state index contributed by atoms with van der Waals surface area (Å²) in [7, 11) is 0. The number of rotatable bonds is 4. The Morgan fingerprint density at radius 2 is 2.00 bits per heavy atom. The molecule has 1 unspecified atom stereocenters. The van der Waals surface area contributed by atoms with E-state index in [0.29, 0.717) is 6.61 Å². The molecular weight excluding hydrogens is 244 g/mol. The van der Waals surface area contributed by atoms with Crippen molar-refractivity contribution in [1.82, 2.24) is 0 Å². The van der Waals surface area contributed by atoms with Crippen molar-refractivity contribution >= 4 is 11.3 Å². The van der Waals surface area contributed by atoms with Crippen LogP contribution in [0.5, 0.6) is 5.75 Å². The van der Waals surface area contributed by atoms with Crippen LogP contribution in [0.3, 0.4) is 0 Å². The van der Waals surface area contributed by atoms with Gasteiger partial charge >= 0.3 is 0 Å². The van der Waals surface area contributed by atoms with E-state index in [-0.39, 0.29) is 0 Å². The van der Waals surface area contributed by atoms with E-state index in [4.69, 9.17) is 4.74 Å². The predicted octanol–water partition coefficient (Wildman–Crippen LogP) is 3.85. The number of aliphatic hydroxyl groups is 1. The fraction of sp³-hybridized carbons (Fsp3) is 0.333. The van der Waals surface area contributed by atoms with Crippen LogP contribution in [0.15, 0.2) is 30.3 Å². The molecule has 0 fully saturated rings. The van der Waals surface area contributed by atoms with Gasteiger partial charge in [0.1, 0.15) is 11.9 Å². The summed E-state index contributed by atoms with van der Waals surface area (Å²) < 4.78 is 5.59. The molecule has 2 nitrogen and oxygen atoms in total. The van der Waals surface area contributed by atoms with Gasteiger partial charge in [0, 0.05) is 15.3 Å². The Hall–Kier alpha value is -1.32. The maximum absolute atomic E-state index is 10.5. The first-order valence-corrected chi connectivity index (χ1v) is 6.91. The summed E-state index contributed by atoms with van der Waals surface area (Å²) in [6.45, 7) is 6.61. The van der Waals surface area contributed by atoms with Gasteiger partial charge in [-0.2, -0.15) is 0 Å². The van der Waals surface area contributed by atoms with Gasteiger partial charge in [0.2, 0.25) is 0 Å². The Balaban J connectivity index is 2.39. The molecule has 2 aromatic rings. The smallest absolute Gasteiger partial charge is 0.125 e. The van der Waals surface area contributed by atoms with Crippen molar-refractivity contribution in [1.29, 1.82) is 0 Å². The topological polar surface area (TPSA) is 29.5 Å². The van der Waals surface area contributed by atoms with E-state index < -0.39 is 6.10 Å². The average Bonchev–Trinajstić information content (AvgIpc) is 2.77. The first-order chi connectivity index (χ1) is 8.61.